The SMILES string of the molecule is Clc1ccc(COc2ccc(COCc3c[nH]c4ncccc34)cc2Cl)cc1. The average molecular weight is 413 g/mol. The molecule has 4 nitrogen and oxygen atoms in total. The van der Waals surface area contributed by atoms with Gasteiger partial charge >= 0.3 is 0 Å². The topological polar surface area (TPSA) is 47.1 Å². The molecule has 1 N–H and O–H groups in total. The van der Waals surface area contributed by atoms with Gasteiger partial charge in [-0.2, -0.15) is 0 Å². The minimum Gasteiger partial charge on any atom is -0.487 e. The molecule has 0 aliphatic carbocycles. The first kappa shape index (κ1) is 18.8. The Morgan fingerprint density at radius 1 is 0.893 bits per heavy atom. The zero-order chi connectivity index (χ0) is 19.3. The number of ether oxygens (including phenoxy) is 2. The summed E-state index contributed by atoms with van der Waals surface area (Å²) in [6, 6.07) is 17.2. The lowest BCUT2D eigenvalue weighted by Gasteiger charge is -2.10. The number of halogens is 2. The second-order valence-corrected chi connectivity index (χ2v) is 7.23. The van der Waals surface area contributed by atoms with Crippen LogP contribution in [0.25, 0.3) is 11.0 Å². The quantitative estimate of drug-likeness (QED) is 0.394. The molecular weight excluding hydrogens is 395 g/mol. The van der Waals surface area contributed by atoms with E-state index < -0.39 is 0 Å². The number of H-pyrrole nitrogens is 1. The van der Waals surface area contributed by atoms with E-state index in [1.54, 1.807) is 6.20 Å². The van der Waals surface area contributed by atoms with Crippen molar-refractivity contribution in [2.45, 2.75) is 19.8 Å². The molecule has 142 valence electrons. The van der Waals surface area contributed by atoms with E-state index in [0.717, 1.165) is 27.7 Å². The monoisotopic (exact) mass is 412 g/mol. The summed E-state index contributed by atoms with van der Waals surface area (Å²) in [7, 11) is 0. The number of pyridine rings is 1. The Kier molecular flexibility index (Phi) is 5.81. The molecule has 0 atom stereocenters. The first-order valence-electron chi connectivity index (χ1n) is 8.83. The highest BCUT2D eigenvalue weighted by molar-refractivity contribution is 6.32. The predicted octanol–water partition coefficient (Wildman–Crippen LogP) is 6.17. The standard InChI is InChI=1S/C22H18Cl2N2O2/c23-18-6-3-15(4-7-18)13-28-21-8-5-16(10-20(21)24)12-27-14-17-11-26-22-19(17)2-1-9-25-22/h1-11H,12-14H2,(H,25,26). The molecule has 0 saturated heterocycles. The van der Waals surface area contributed by atoms with Crippen LogP contribution in [-0.2, 0) is 24.6 Å². The van der Waals surface area contributed by atoms with Crippen molar-refractivity contribution in [1.29, 1.82) is 0 Å². The van der Waals surface area contributed by atoms with E-state index in [9.17, 15) is 0 Å². The van der Waals surface area contributed by atoms with E-state index in [0.29, 0.717) is 35.6 Å². The van der Waals surface area contributed by atoms with Crippen molar-refractivity contribution in [3.63, 3.8) is 0 Å². The zero-order valence-electron chi connectivity index (χ0n) is 15.0. The lowest BCUT2D eigenvalue weighted by Crippen LogP contribution is -1.97. The van der Waals surface area contributed by atoms with Gasteiger partial charge in [0.05, 0.1) is 18.2 Å². The van der Waals surface area contributed by atoms with Crippen LogP contribution in [-0.4, -0.2) is 9.97 Å². The maximum absolute atomic E-state index is 6.36. The fourth-order valence-corrected chi connectivity index (χ4v) is 3.29. The minimum atomic E-state index is 0.432. The molecule has 2 aromatic heterocycles. The zero-order valence-corrected chi connectivity index (χ0v) is 16.5. The molecule has 2 heterocycles. The molecule has 28 heavy (non-hydrogen) atoms. The number of rotatable bonds is 7. The molecule has 2 aromatic carbocycles. The van der Waals surface area contributed by atoms with Gasteiger partial charge in [-0.25, -0.2) is 4.98 Å². The predicted molar refractivity (Wildman–Crippen MR) is 112 cm³/mol. The first-order chi connectivity index (χ1) is 13.7. The number of nitrogens with zero attached hydrogens (tertiary/aromatic N) is 1. The fourth-order valence-electron chi connectivity index (χ4n) is 2.90. The molecule has 0 aliphatic heterocycles. The van der Waals surface area contributed by atoms with Crippen LogP contribution >= 0.6 is 23.2 Å². The number of hydrogen-bond acceptors (Lipinski definition) is 3. The van der Waals surface area contributed by atoms with Crippen LogP contribution in [0.5, 0.6) is 5.75 Å². The van der Waals surface area contributed by atoms with E-state index >= 15 is 0 Å². The molecule has 0 unspecified atom stereocenters. The molecular formula is C22H18Cl2N2O2. The molecule has 0 amide bonds. The summed E-state index contributed by atoms with van der Waals surface area (Å²) in [5.41, 5.74) is 3.96. The van der Waals surface area contributed by atoms with Gasteiger partial charge in [-0.15, -0.1) is 0 Å². The molecule has 0 aliphatic rings. The number of aromatic amines is 1. The second kappa shape index (κ2) is 8.65. The van der Waals surface area contributed by atoms with Gasteiger partial charge < -0.3 is 14.5 Å². The average Bonchev–Trinajstić information content (AvgIpc) is 3.12. The molecule has 6 heteroatoms. The third-order valence-electron chi connectivity index (χ3n) is 4.37. The van der Waals surface area contributed by atoms with Gasteiger partial charge in [0.1, 0.15) is 18.0 Å². The maximum Gasteiger partial charge on any atom is 0.138 e. The Bertz CT molecular complexity index is 1080. The van der Waals surface area contributed by atoms with Crippen molar-refractivity contribution in [2.75, 3.05) is 0 Å². The van der Waals surface area contributed by atoms with Gasteiger partial charge in [0.2, 0.25) is 0 Å². The lowest BCUT2D eigenvalue weighted by atomic mass is 10.2. The molecule has 0 spiro atoms. The lowest BCUT2D eigenvalue weighted by molar-refractivity contribution is 0.108. The van der Waals surface area contributed by atoms with Crippen molar-refractivity contribution in [3.05, 3.63) is 93.7 Å². The Hall–Kier alpha value is -2.53. The third-order valence-corrected chi connectivity index (χ3v) is 4.91. The smallest absolute Gasteiger partial charge is 0.138 e. The molecule has 0 radical (unpaired) electrons. The molecule has 0 saturated carbocycles. The Labute approximate surface area is 173 Å². The van der Waals surface area contributed by atoms with Gasteiger partial charge in [0.15, 0.2) is 0 Å². The van der Waals surface area contributed by atoms with Crippen molar-refractivity contribution in [3.8, 4) is 5.75 Å². The molecule has 4 aromatic rings. The van der Waals surface area contributed by atoms with Crippen molar-refractivity contribution < 1.29 is 9.47 Å². The van der Waals surface area contributed by atoms with Crippen molar-refractivity contribution >= 4 is 34.2 Å². The fraction of sp³-hybridized carbons (Fsp3) is 0.136. The summed E-state index contributed by atoms with van der Waals surface area (Å²) in [6.07, 6.45) is 3.69. The van der Waals surface area contributed by atoms with E-state index in [4.69, 9.17) is 32.7 Å². The van der Waals surface area contributed by atoms with Crippen molar-refractivity contribution in [2.24, 2.45) is 0 Å². The van der Waals surface area contributed by atoms with E-state index in [2.05, 4.69) is 9.97 Å². The summed E-state index contributed by atoms with van der Waals surface area (Å²) >= 11 is 12.3. The first-order valence-corrected chi connectivity index (χ1v) is 9.59. The van der Waals surface area contributed by atoms with Crippen LogP contribution in [0.2, 0.25) is 10.0 Å². The Morgan fingerprint density at radius 3 is 2.54 bits per heavy atom. The number of hydrogen-bond donors (Lipinski definition) is 1. The number of benzene rings is 2. The van der Waals surface area contributed by atoms with Gasteiger partial charge in [-0.3, -0.25) is 0 Å². The third kappa shape index (κ3) is 4.47. The van der Waals surface area contributed by atoms with Gasteiger partial charge in [0.25, 0.3) is 0 Å². The Balaban J connectivity index is 1.33. The maximum atomic E-state index is 6.36. The minimum absolute atomic E-state index is 0.432. The van der Waals surface area contributed by atoms with E-state index in [-0.39, 0.29) is 0 Å². The molecule has 0 fully saturated rings. The van der Waals surface area contributed by atoms with Gasteiger partial charge in [-0.1, -0.05) is 41.4 Å². The van der Waals surface area contributed by atoms with Crippen LogP contribution in [0.1, 0.15) is 16.7 Å². The highest BCUT2D eigenvalue weighted by atomic mass is 35.5. The summed E-state index contributed by atoms with van der Waals surface area (Å²) in [5.74, 6) is 0.642. The molecule has 0 bridgehead atoms. The highest BCUT2D eigenvalue weighted by Crippen LogP contribution is 2.27. The number of nitrogens with one attached hydrogen (secondary N) is 1. The summed E-state index contributed by atoms with van der Waals surface area (Å²) in [6.45, 7) is 1.39. The normalized spacial score (nSPS) is 11.1. The van der Waals surface area contributed by atoms with Crippen LogP contribution in [0.3, 0.4) is 0 Å². The van der Waals surface area contributed by atoms with Crippen LogP contribution in [0, 0.1) is 0 Å². The van der Waals surface area contributed by atoms with E-state index in [1.807, 2.05) is 60.8 Å². The summed E-state index contributed by atoms with van der Waals surface area (Å²) < 4.78 is 11.7. The Morgan fingerprint density at radius 2 is 1.71 bits per heavy atom. The second-order valence-electron chi connectivity index (χ2n) is 6.39. The summed E-state index contributed by atoms with van der Waals surface area (Å²) in [4.78, 5) is 7.43. The van der Waals surface area contributed by atoms with Gasteiger partial charge in [0, 0.05) is 28.4 Å². The largest absolute Gasteiger partial charge is 0.487 e. The molecule has 4 rings (SSSR count). The van der Waals surface area contributed by atoms with Crippen molar-refractivity contribution in [1.82, 2.24) is 9.97 Å². The van der Waals surface area contributed by atoms with Crippen LogP contribution in [0.4, 0.5) is 0 Å². The van der Waals surface area contributed by atoms with Crippen LogP contribution < -0.4 is 4.74 Å². The number of aromatic nitrogens is 2. The highest BCUT2D eigenvalue weighted by Gasteiger charge is 2.07. The number of fused-ring (bicyclic) bond motifs is 1. The summed E-state index contributed by atoms with van der Waals surface area (Å²) in [5, 5.41) is 2.34. The van der Waals surface area contributed by atoms with Gasteiger partial charge in [-0.05, 0) is 47.5 Å². The van der Waals surface area contributed by atoms with Crippen LogP contribution in [0.15, 0.2) is 67.0 Å². The van der Waals surface area contributed by atoms with E-state index in [1.165, 1.54) is 0 Å².